The third-order valence-electron chi connectivity index (χ3n) is 1.79. The van der Waals surface area contributed by atoms with Gasteiger partial charge in [0.1, 0.15) is 0 Å². The van der Waals surface area contributed by atoms with E-state index >= 15 is 0 Å². The Morgan fingerprint density at radius 2 is 2.31 bits per heavy atom. The maximum absolute atomic E-state index is 12.5. The number of hydrogen-bond acceptors (Lipinski definition) is 3. The predicted molar refractivity (Wildman–Crippen MR) is 54.8 cm³/mol. The number of carboxylic acid groups (broad SMARTS) is 1. The topological polar surface area (TPSA) is 59.4 Å². The van der Waals surface area contributed by atoms with Crippen molar-refractivity contribution in [2.75, 3.05) is 7.11 Å². The number of aliphatic carboxylic acids is 1. The lowest BCUT2D eigenvalue weighted by atomic mass is 10.2. The Kier molecular flexibility index (Phi) is 4.17. The van der Waals surface area contributed by atoms with Crippen molar-refractivity contribution in [3.8, 4) is 5.88 Å². The van der Waals surface area contributed by atoms with E-state index in [1.54, 1.807) is 0 Å². The van der Waals surface area contributed by atoms with Crippen LogP contribution in [-0.4, -0.2) is 23.2 Å². The molecule has 88 valence electrons. The molecule has 1 aromatic rings. The number of nitrogens with zero attached hydrogens (tertiary/aromatic N) is 1. The van der Waals surface area contributed by atoms with Crippen LogP contribution in [0.1, 0.15) is 17.7 Å². The van der Waals surface area contributed by atoms with Gasteiger partial charge in [0, 0.05) is 4.47 Å². The molecule has 1 aromatic heterocycles. The van der Waals surface area contributed by atoms with Gasteiger partial charge in [0.2, 0.25) is 5.88 Å². The number of aromatic nitrogens is 1. The lowest BCUT2D eigenvalue weighted by Crippen LogP contribution is -2.06. The fourth-order valence-electron chi connectivity index (χ4n) is 1.11. The van der Waals surface area contributed by atoms with Gasteiger partial charge in [-0.3, -0.25) is 4.79 Å². The van der Waals surface area contributed by atoms with E-state index in [2.05, 4.69) is 25.7 Å². The van der Waals surface area contributed by atoms with Crippen LogP contribution < -0.4 is 4.74 Å². The number of hydrogen-bond donors (Lipinski definition) is 1. The van der Waals surface area contributed by atoms with Crippen molar-refractivity contribution >= 4 is 21.9 Å². The van der Waals surface area contributed by atoms with Gasteiger partial charge in [0.05, 0.1) is 24.8 Å². The second-order valence-electron chi connectivity index (χ2n) is 2.89. The number of pyridine rings is 1. The van der Waals surface area contributed by atoms with E-state index in [-0.39, 0.29) is 28.0 Å². The van der Waals surface area contributed by atoms with Gasteiger partial charge in [-0.05, 0) is 22.0 Å². The van der Waals surface area contributed by atoms with Gasteiger partial charge in [0.15, 0.2) is 0 Å². The average molecular weight is 296 g/mol. The Labute approximate surface area is 98.4 Å². The van der Waals surface area contributed by atoms with Gasteiger partial charge in [-0.25, -0.2) is 13.8 Å². The number of rotatable bonds is 4. The monoisotopic (exact) mass is 295 g/mol. The Balaban J connectivity index is 3.20. The second kappa shape index (κ2) is 5.20. The standard InChI is InChI=1S/C9H8BrF2NO3/c1-16-9-4(8(11)12)2-5(10)6(13-9)3-7(14)15/h2,8H,3H2,1H3,(H,14,15). The normalized spacial score (nSPS) is 10.6. The summed E-state index contributed by atoms with van der Waals surface area (Å²) in [6.45, 7) is 0. The largest absolute Gasteiger partial charge is 0.481 e. The van der Waals surface area contributed by atoms with E-state index in [9.17, 15) is 13.6 Å². The van der Waals surface area contributed by atoms with E-state index in [0.29, 0.717) is 0 Å². The lowest BCUT2D eigenvalue weighted by molar-refractivity contribution is -0.136. The molecule has 0 aliphatic heterocycles. The maximum atomic E-state index is 12.5. The van der Waals surface area contributed by atoms with Crippen molar-refractivity contribution < 1.29 is 23.4 Å². The molecule has 16 heavy (non-hydrogen) atoms. The fourth-order valence-corrected chi connectivity index (χ4v) is 1.58. The lowest BCUT2D eigenvalue weighted by Gasteiger charge is -2.09. The van der Waals surface area contributed by atoms with Crippen LogP contribution >= 0.6 is 15.9 Å². The molecule has 0 unspecified atom stereocenters. The van der Waals surface area contributed by atoms with E-state index < -0.39 is 12.4 Å². The zero-order chi connectivity index (χ0) is 12.3. The highest BCUT2D eigenvalue weighted by molar-refractivity contribution is 9.10. The molecular formula is C9H8BrF2NO3. The molecule has 0 aromatic carbocycles. The third-order valence-corrected chi connectivity index (χ3v) is 2.48. The first kappa shape index (κ1) is 12.8. The van der Waals surface area contributed by atoms with Crippen molar-refractivity contribution in [2.45, 2.75) is 12.8 Å². The first-order chi connectivity index (χ1) is 7.45. The third kappa shape index (κ3) is 2.88. The quantitative estimate of drug-likeness (QED) is 0.927. The maximum Gasteiger partial charge on any atom is 0.309 e. The fraction of sp³-hybridized carbons (Fsp3) is 0.333. The van der Waals surface area contributed by atoms with E-state index in [1.165, 1.54) is 7.11 Å². The molecule has 1 rings (SSSR count). The molecule has 0 spiro atoms. The van der Waals surface area contributed by atoms with E-state index in [1.807, 2.05) is 0 Å². The van der Waals surface area contributed by atoms with Crippen LogP contribution in [0.15, 0.2) is 10.5 Å². The summed E-state index contributed by atoms with van der Waals surface area (Å²) >= 11 is 2.99. The molecule has 0 amide bonds. The minimum Gasteiger partial charge on any atom is -0.481 e. The second-order valence-corrected chi connectivity index (χ2v) is 3.74. The summed E-state index contributed by atoms with van der Waals surface area (Å²) in [5.41, 5.74) is -0.225. The summed E-state index contributed by atoms with van der Waals surface area (Å²) in [4.78, 5) is 14.2. The zero-order valence-corrected chi connectivity index (χ0v) is 9.79. The molecule has 0 fully saturated rings. The minimum absolute atomic E-state index is 0.147. The van der Waals surface area contributed by atoms with Crippen molar-refractivity contribution in [2.24, 2.45) is 0 Å². The first-order valence-corrected chi connectivity index (χ1v) is 4.98. The Morgan fingerprint density at radius 1 is 1.69 bits per heavy atom. The van der Waals surface area contributed by atoms with Crippen molar-refractivity contribution in [3.63, 3.8) is 0 Å². The predicted octanol–water partition coefficient (Wildman–Crippen LogP) is 2.42. The number of alkyl halides is 2. The number of carbonyl (C=O) groups is 1. The Hall–Kier alpha value is -1.24. The molecule has 4 nitrogen and oxygen atoms in total. The van der Waals surface area contributed by atoms with Crippen molar-refractivity contribution in [1.29, 1.82) is 0 Å². The molecule has 1 heterocycles. The summed E-state index contributed by atoms with van der Waals surface area (Å²) in [5.74, 6) is -1.35. The summed E-state index contributed by atoms with van der Waals surface area (Å²) in [6.07, 6.45) is -3.09. The van der Waals surface area contributed by atoms with Gasteiger partial charge in [-0.15, -0.1) is 0 Å². The van der Waals surface area contributed by atoms with Gasteiger partial charge < -0.3 is 9.84 Å². The molecule has 0 aliphatic rings. The Morgan fingerprint density at radius 3 is 2.75 bits per heavy atom. The van der Waals surface area contributed by atoms with Crippen LogP contribution in [0.2, 0.25) is 0 Å². The molecule has 0 saturated carbocycles. The number of methoxy groups -OCH3 is 1. The highest BCUT2D eigenvalue weighted by Crippen LogP contribution is 2.31. The number of carboxylic acids is 1. The summed E-state index contributed by atoms with van der Waals surface area (Å²) in [5, 5.41) is 8.58. The SMILES string of the molecule is COc1nc(CC(=O)O)c(Br)cc1C(F)F. The molecule has 0 saturated heterocycles. The van der Waals surface area contributed by atoms with Gasteiger partial charge >= 0.3 is 5.97 Å². The minimum atomic E-state index is -2.72. The van der Waals surface area contributed by atoms with Crippen molar-refractivity contribution in [1.82, 2.24) is 4.98 Å². The van der Waals surface area contributed by atoms with Crippen LogP contribution in [0.5, 0.6) is 5.88 Å². The Bertz CT molecular complexity index is 412. The van der Waals surface area contributed by atoms with Gasteiger partial charge in [0.25, 0.3) is 6.43 Å². The smallest absolute Gasteiger partial charge is 0.309 e. The van der Waals surface area contributed by atoms with Crippen LogP contribution in [0.25, 0.3) is 0 Å². The number of ether oxygens (including phenoxy) is 1. The molecule has 0 aliphatic carbocycles. The van der Waals surface area contributed by atoms with Crippen molar-refractivity contribution in [3.05, 3.63) is 21.8 Å². The summed E-state index contributed by atoms with van der Waals surface area (Å²) < 4.78 is 30.0. The van der Waals surface area contributed by atoms with Crippen LogP contribution in [-0.2, 0) is 11.2 Å². The summed E-state index contributed by atoms with van der Waals surface area (Å²) in [6, 6.07) is 1.12. The summed E-state index contributed by atoms with van der Waals surface area (Å²) in [7, 11) is 1.20. The molecular weight excluding hydrogens is 288 g/mol. The highest BCUT2D eigenvalue weighted by atomic mass is 79.9. The van der Waals surface area contributed by atoms with Crippen LogP contribution in [0.4, 0.5) is 8.78 Å². The van der Waals surface area contributed by atoms with E-state index in [4.69, 9.17) is 5.11 Å². The van der Waals surface area contributed by atoms with Crippen LogP contribution in [0, 0.1) is 0 Å². The average Bonchev–Trinajstić information content (AvgIpc) is 2.19. The van der Waals surface area contributed by atoms with Gasteiger partial charge in [-0.1, -0.05) is 0 Å². The molecule has 0 bridgehead atoms. The van der Waals surface area contributed by atoms with Crippen LogP contribution in [0.3, 0.4) is 0 Å². The highest BCUT2D eigenvalue weighted by Gasteiger charge is 2.19. The number of halogens is 3. The molecule has 0 radical (unpaired) electrons. The zero-order valence-electron chi connectivity index (χ0n) is 8.21. The van der Waals surface area contributed by atoms with E-state index in [0.717, 1.165) is 6.07 Å². The van der Waals surface area contributed by atoms with Gasteiger partial charge in [-0.2, -0.15) is 0 Å². The molecule has 0 atom stereocenters. The molecule has 1 N–H and O–H groups in total. The first-order valence-electron chi connectivity index (χ1n) is 4.19. The molecule has 7 heteroatoms.